The van der Waals surface area contributed by atoms with Gasteiger partial charge in [0.2, 0.25) is 5.91 Å². The van der Waals surface area contributed by atoms with Gasteiger partial charge in [-0.05, 0) is 13.3 Å². The van der Waals surface area contributed by atoms with Crippen molar-refractivity contribution in [2.75, 3.05) is 13.1 Å². The van der Waals surface area contributed by atoms with Crippen LogP contribution in [0.3, 0.4) is 0 Å². The number of nitrogens with zero attached hydrogens (tertiary/aromatic N) is 1. The van der Waals surface area contributed by atoms with Gasteiger partial charge in [0.25, 0.3) is 0 Å². The first-order valence-corrected chi connectivity index (χ1v) is 7.93. The van der Waals surface area contributed by atoms with Gasteiger partial charge >= 0.3 is 35.8 Å². The summed E-state index contributed by atoms with van der Waals surface area (Å²) in [7, 11) is 0. The molecule has 30 heavy (non-hydrogen) atoms. The molecule has 0 aliphatic rings. The highest BCUT2D eigenvalue weighted by molar-refractivity contribution is 5.92. The van der Waals surface area contributed by atoms with E-state index in [0.717, 1.165) is 6.92 Å². The molecule has 0 aliphatic carbocycles. The van der Waals surface area contributed by atoms with E-state index in [1.54, 1.807) is 0 Å². The van der Waals surface area contributed by atoms with E-state index in [1.165, 1.54) is 6.92 Å². The van der Waals surface area contributed by atoms with Gasteiger partial charge in [0.15, 0.2) is 0 Å². The summed E-state index contributed by atoms with van der Waals surface area (Å²) in [5, 5.41) is 0. The molecule has 0 aliphatic heterocycles. The van der Waals surface area contributed by atoms with Crippen molar-refractivity contribution in [1.29, 1.82) is 0 Å². The predicted molar refractivity (Wildman–Crippen MR) is 77.1 cm³/mol. The minimum atomic E-state index is -7.93. The van der Waals surface area contributed by atoms with Crippen LogP contribution in [0.25, 0.3) is 0 Å². The molecule has 15 heteroatoms. The minimum absolute atomic E-state index is 0.0486. The van der Waals surface area contributed by atoms with Crippen LogP contribution in [-0.4, -0.2) is 59.7 Å². The van der Waals surface area contributed by atoms with Crippen molar-refractivity contribution in [3.8, 4) is 0 Å². The Bertz CT molecular complexity index is 639. The maximum atomic E-state index is 13.7. The quantitative estimate of drug-likeness (QED) is 0.285. The van der Waals surface area contributed by atoms with E-state index < -0.39 is 54.7 Å². The number of carbonyl (C=O) groups is 1. The first kappa shape index (κ1) is 28.3. The summed E-state index contributed by atoms with van der Waals surface area (Å²) in [6, 6.07) is 0. The van der Waals surface area contributed by atoms with Crippen molar-refractivity contribution in [2.24, 2.45) is 0 Å². The number of hydrogen-bond donors (Lipinski definition) is 0. The van der Waals surface area contributed by atoms with Gasteiger partial charge in [-0.2, -0.15) is 57.1 Å². The van der Waals surface area contributed by atoms with Crippen molar-refractivity contribution in [1.82, 2.24) is 4.90 Å². The molecular weight excluding hydrogens is 457 g/mol. The summed E-state index contributed by atoms with van der Waals surface area (Å²) in [6.45, 7) is 3.79. The number of halogens is 13. The van der Waals surface area contributed by atoms with Crippen molar-refractivity contribution in [3.05, 3.63) is 12.2 Å². The van der Waals surface area contributed by atoms with Gasteiger partial charge in [0, 0.05) is 25.1 Å². The molecule has 0 aromatic carbocycles. The number of rotatable bonds is 10. The molecule has 1 amide bonds. The van der Waals surface area contributed by atoms with Crippen molar-refractivity contribution in [2.45, 2.75) is 62.5 Å². The lowest BCUT2D eigenvalue weighted by atomic mass is 9.92. The standard InChI is InChI=1S/C15H16F13NO/c1-4-6-29(9(30)8(2)3)7-5-10(16,17)11(18,19)12(20,21)13(22,23)14(24,25)15(26,27)28/h2,4-7H2,1,3H3. The Balaban J connectivity index is 6.01. The Labute approximate surface area is 161 Å². The lowest BCUT2D eigenvalue weighted by molar-refractivity contribution is -0.440. The summed E-state index contributed by atoms with van der Waals surface area (Å²) in [6.07, 6.45) is -9.84. The first-order chi connectivity index (χ1) is 13.0. The van der Waals surface area contributed by atoms with Crippen LogP contribution in [0.15, 0.2) is 12.2 Å². The Hall–Kier alpha value is -1.70. The molecule has 0 aromatic heterocycles. The molecule has 0 radical (unpaired) electrons. The highest BCUT2D eigenvalue weighted by atomic mass is 19.4. The topological polar surface area (TPSA) is 20.3 Å². The zero-order chi connectivity index (χ0) is 24.6. The molecule has 0 atom stereocenters. The lowest BCUT2D eigenvalue weighted by Crippen LogP contribution is -2.70. The normalized spacial score (nSPS) is 14.6. The Morgan fingerprint density at radius 3 is 1.47 bits per heavy atom. The number of hydrogen-bond acceptors (Lipinski definition) is 1. The van der Waals surface area contributed by atoms with E-state index in [2.05, 4.69) is 6.58 Å². The summed E-state index contributed by atoms with van der Waals surface area (Å²) >= 11 is 0. The number of alkyl halides is 13. The van der Waals surface area contributed by atoms with Crippen LogP contribution in [0.1, 0.15) is 26.7 Å². The molecule has 178 valence electrons. The predicted octanol–water partition coefficient (Wildman–Crippen LogP) is 5.93. The average Bonchev–Trinajstić information content (AvgIpc) is 2.56. The molecule has 0 heterocycles. The highest BCUT2D eigenvalue weighted by Crippen LogP contribution is 2.60. The van der Waals surface area contributed by atoms with Crippen molar-refractivity contribution >= 4 is 5.91 Å². The van der Waals surface area contributed by atoms with E-state index in [-0.39, 0.29) is 18.5 Å². The lowest BCUT2D eigenvalue weighted by Gasteiger charge is -2.40. The molecule has 0 aromatic rings. The van der Waals surface area contributed by atoms with Gasteiger partial charge in [0.05, 0.1) is 0 Å². The SMILES string of the molecule is C=C(C)C(=O)N(CCC)CCC(F)(F)C(F)(F)C(F)(F)C(F)(F)C(F)(F)C(F)(F)F. The second-order valence-electron chi connectivity index (χ2n) is 6.32. The first-order valence-electron chi connectivity index (χ1n) is 7.93. The van der Waals surface area contributed by atoms with Gasteiger partial charge in [-0.15, -0.1) is 0 Å². The van der Waals surface area contributed by atoms with Gasteiger partial charge in [-0.3, -0.25) is 4.79 Å². The molecule has 0 saturated carbocycles. The fourth-order valence-electron chi connectivity index (χ4n) is 2.09. The molecule has 2 nitrogen and oxygen atoms in total. The van der Waals surface area contributed by atoms with E-state index in [4.69, 9.17) is 0 Å². The van der Waals surface area contributed by atoms with Crippen LogP contribution in [-0.2, 0) is 4.79 Å². The average molecular weight is 473 g/mol. The Kier molecular flexibility index (Phi) is 7.96. The molecule has 0 rings (SSSR count). The second kappa shape index (κ2) is 8.44. The van der Waals surface area contributed by atoms with E-state index in [0.29, 0.717) is 4.90 Å². The molecular formula is C15H16F13NO. The molecule has 0 spiro atoms. The monoisotopic (exact) mass is 473 g/mol. The molecule has 0 saturated heterocycles. The molecule has 0 fully saturated rings. The second-order valence-corrected chi connectivity index (χ2v) is 6.32. The van der Waals surface area contributed by atoms with Crippen LogP contribution in [0, 0.1) is 0 Å². The highest BCUT2D eigenvalue weighted by Gasteiger charge is 2.90. The van der Waals surface area contributed by atoms with Gasteiger partial charge < -0.3 is 4.90 Å². The molecule has 0 bridgehead atoms. The third-order valence-corrected chi connectivity index (χ3v) is 3.84. The van der Waals surface area contributed by atoms with Crippen molar-refractivity contribution < 1.29 is 61.9 Å². The van der Waals surface area contributed by atoms with E-state index >= 15 is 0 Å². The van der Waals surface area contributed by atoms with Gasteiger partial charge in [-0.25, -0.2) is 0 Å². The fraction of sp³-hybridized carbons (Fsp3) is 0.800. The van der Waals surface area contributed by atoms with E-state index in [1.807, 2.05) is 0 Å². The van der Waals surface area contributed by atoms with E-state index in [9.17, 15) is 61.9 Å². The largest absolute Gasteiger partial charge is 0.460 e. The smallest absolute Gasteiger partial charge is 0.339 e. The maximum Gasteiger partial charge on any atom is 0.460 e. The van der Waals surface area contributed by atoms with Gasteiger partial charge in [-0.1, -0.05) is 13.5 Å². The fourth-order valence-corrected chi connectivity index (χ4v) is 2.09. The van der Waals surface area contributed by atoms with Gasteiger partial charge in [0.1, 0.15) is 0 Å². The number of carbonyl (C=O) groups excluding carboxylic acids is 1. The third kappa shape index (κ3) is 4.63. The Morgan fingerprint density at radius 2 is 1.13 bits per heavy atom. The van der Waals surface area contributed by atoms with Crippen LogP contribution < -0.4 is 0 Å². The zero-order valence-electron chi connectivity index (χ0n) is 15.3. The summed E-state index contributed by atoms with van der Waals surface area (Å²) < 4.78 is 169. The summed E-state index contributed by atoms with van der Waals surface area (Å²) in [5.41, 5.74) is -0.291. The summed E-state index contributed by atoms with van der Waals surface area (Å²) in [5.74, 6) is -38.1. The van der Waals surface area contributed by atoms with Crippen LogP contribution in [0.2, 0.25) is 0 Å². The minimum Gasteiger partial charge on any atom is -0.339 e. The summed E-state index contributed by atoms with van der Waals surface area (Å²) in [4.78, 5) is 12.1. The molecule has 0 unspecified atom stereocenters. The van der Waals surface area contributed by atoms with Crippen LogP contribution in [0.5, 0.6) is 0 Å². The van der Waals surface area contributed by atoms with Crippen LogP contribution >= 0.6 is 0 Å². The van der Waals surface area contributed by atoms with Crippen LogP contribution in [0.4, 0.5) is 57.1 Å². The zero-order valence-corrected chi connectivity index (χ0v) is 15.3. The number of amides is 1. The molecule has 0 N–H and O–H groups in total. The van der Waals surface area contributed by atoms with Crippen molar-refractivity contribution in [3.63, 3.8) is 0 Å². The Morgan fingerprint density at radius 1 is 0.733 bits per heavy atom. The maximum absolute atomic E-state index is 13.7. The third-order valence-electron chi connectivity index (χ3n) is 3.84.